The number of rotatable bonds is 13. The van der Waals surface area contributed by atoms with Gasteiger partial charge in [-0.05, 0) is 0 Å². The Balaban J connectivity index is 5.47. The van der Waals surface area contributed by atoms with Crippen LogP contribution < -0.4 is 0 Å². The number of carbonyl (C=O) groups excluding carboxylic acids is 3. The van der Waals surface area contributed by atoms with Gasteiger partial charge in [-0.25, -0.2) is 0 Å². The van der Waals surface area contributed by atoms with E-state index in [0.717, 1.165) is 32.1 Å². The van der Waals surface area contributed by atoms with Crippen molar-refractivity contribution in [3.63, 3.8) is 0 Å². The van der Waals surface area contributed by atoms with Crippen molar-refractivity contribution in [1.29, 1.82) is 0 Å². The molecule has 0 heterocycles. The van der Waals surface area contributed by atoms with Gasteiger partial charge in [0.1, 0.15) is 0 Å². The molecule has 0 aliphatic carbocycles. The van der Waals surface area contributed by atoms with Gasteiger partial charge in [0.15, 0.2) is 0 Å². The first-order chi connectivity index (χ1) is 12.5. The van der Waals surface area contributed by atoms with Gasteiger partial charge in [-0.15, -0.1) is 0 Å². The summed E-state index contributed by atoms with van der Waals surface area (Å²) >= 11 is -4.89. The number of hydrogen-bond acceptors (Lipinski definition) is 6. The summed E-state index contributed by atoms with van der Waals surface area (Å²) in [4.78, 5) is 36.4. The Bertz CT molecular complexity index is 524. The Hall–Kier alpha value is -1.57. The van der Waals surface area contributed by atoms with Crippen molar-refractivity contribution >= 4 is 37.5 Å². The minimum absolute atomic E-state index is 0.136. The molecule has 0 fully saturated rings. The van der Waals surface area contributed by atoms with E-state index in [0.29, 0.717) is 6.42 Å². The van der Waals surface area contributed by atoms with E-state index in [2.05, 4.69) is 26.7 Å². The summed E-state index contributed by atoms with van der Waals surface area (Å²) < 4.78 is 16.6. The van der Waals surface area contributed by atoms with Crippen LogP contribution in [0.15, 0.2) is 36.5 Å². The van der Waals surface area contributed by atoms with Crippen LogP contribution in [0.1, 0.15) is 66.2 Å². The molecule has 0 saturated heterocycles. The van der Waals surface area contributed by atoms with E-state index in [1.807, 2.05) is 0 Å². The first kappa shape index (κ1) is 25.4. The molecule has 0 radical (unpaired) electrons. The monoisotopic (exact) mass is 488 g/mol. The fourth-order valence-corrected chi connectivity index (χ4v) is 9.11. The molecule has 0 atom stereocenters. The molecule has 0 aromatic rings. The molecular weight excluding hydrogens is 455 g/mol. The van der Waals surface area contributed by atoms with Crippen LogP contribution in [-0.2, 0) is 23.6 Å². The first-order valence-corrected chi connectivity index (χ1v) is 14.7. The van der Waals surface area contributed by atoms with Crippen LogP contribution in [-0.4, -0.2) is 37.5 Å². The van der Waals surface area contributed by atoms with Crippen LogP contribution in [0.5, 0.6) is 0 Å². The Morgan fingerprint density at radius 2 is 1.00 bits per heavy atom. The maximum atomic E-state index is 12.1. The molecule has 27 heavy (non-hydrogen) atoms. The van der Waals surface area contributed by atoms with Crippen molar-refractivity contribution in [3.05, 3.63) is 36.5 Å². The van der Waals surface area contributed by atoms with E-state index in [1.165, 1.54) is 20.8 Å². The molecule has 0 N–H and O–H groups in total. The minimum atomic E-state index is -4.89. The van der Waals surface area contributed by atoms with Gasteiger partial charge >= 0.3 is 168 Å². The SMILES string of the molecule is C=C(C)C(=O)[O][Sn]([CH2]CCCCCCC)([O]C(=O)C(=C)C)[O]C(=O)C(=C)C. The van der Waals surface area contributed by atoms with Gasteiger partial charge in [0, 0.05) is 0 Å². The first-order valence-electron chi connectivity index (χ1n) is 9.21. The van der Waals surface area contributed by atoms with Gasteiger partial charge < -0.3 is 0 Å². The number of carbonyl (C=O) groups is 3. The van der Waals surface area contributed by atoms with Gasteiger partial charge in [-0.3, -0.25) is 0 Å². The Morgan fingerprint density at radius 1 is 0.667 bits per heavy atom. The zero-order chi connectivity index (χ0) is 21.0. The third-order valence-electron chi connectivity index (χ3n) is 3.63. The van der Waals surface area contributed by atoms with Crippen molar-refractivity contribution < 1.29 is 23.6 Å². The third kappa shape index (κ3) is 10.4. The normalized spacial score (nSPS) is 10.7. The number of unbranched alkanes of at least 4 members (excludes halogenated alkanes) is 5. The summed E-state index contributed by atoms with van der Waals surface area (Å²) in [6.45, 7) is 17.2. The van der Waals surface area contributed by atoms with Crippen molar-refractivity contribution in [3.8, 4) is 0 Å². The van der Waals surface area contributed by atoms with Gasteiger partial charge in [0.2, 0.25) is 0 Å². The standard InChI is InChI=1S/C8H17.3C4H6O2.Sn/c1-3-5-7-8-6-4-2;3*1-3(2)4(5)6;/h1,3-8H2,2H3;3*1H2,2H3,(H,5,6);/q;;;;+3/p-3. The average Bonchev–Trinajstić information content (AvgIpc) is 2.57. The Kier molecular flexibility index (Phi) is 12.0. The predicted octanol–water partition coefficient (Wildman–Crippen LogP) is 4.64. The van der Waals surface area contributed by atoms with Gasteiger partial charge in [0.05, 0.1) is 0 Å². The number of hydrogen-bond donors (Lipinski definition) is 0. The van der Waals surface area contributed by atoms with E-state index in [1.54, 1.807) is 0 Å². The summed E-state index contributed by atoms with van der Waals surface area (Å²) in [6, 6.07) is 0. The van der Waals surface area contributed by atoms with Crippen LogP contribution in [0.3, 0.4) is 0 Å². The molecule has 0 amide bonds. The molecule has 7 heteroatoms. The summed E-state index contributed by atoms with van der Waals surface area (Å²) in [7, 11) is 0. The summed E-state index contributed by atoms with van der Waals surface area (Å²) in [5.41, 5.74) is 0.408. The van der Waals surface area contributed by atoms with Crippen LogP contribution in [0, 0.1) is 0 Å². The zero-order valence-corrected chi connectivity index (χ0v) is 19.9. The maximum absolute atomic E-state index is 12.1. The average molecular weight is 487 g/mol. The van der Waals surface area contributed by atoms with Crippen LogP contribution in [0.2, 0.25) is 4.44 Å². The molecule has 0 aromatic carbocycles. The second-order valence-corrected chi connectivity index (χ2v) is 13.8. The quantitative estimate of drug-likeness (QED) is 0.214. The zero-order valence-electron chi connectivity index (χ0n) is 17.0. The summed E-state index contributed by atoms with van der Waals surface area (Å²) in [5.74, 6) is -2.21. The second kappa shape index (κ2) is 12.8. The molecule has 152 valence electrons. The van der Waals surface area contributed by atoms with Gasteiger partial charge in [0.25, 0.3) is 0 Å². The van der Waals surface area contributed by atoms with E-state index < -0.39 is 37.5 Å². The Morgan fingerprint density at radius 3 is 1.33 bits per heavy atom. The van der Waals surface area contributed by atoms with Gasteiger partial charge in [-0.2, -0.15) is 0 Å². The van der Waals surface area contributed by atoms with E-state index in [-0.39, 0.29) is 21.2 Å². The molecule has 0 aliphatic rings. The summed E-state index contributed by atoms with van der Waals surface area (Å²) in [6.07, 6.45) is 5.86. The van der Waals surface area contributed by atoms with Gasteiger partial charge in [-0.1, -0.05) is 0 Å². The van der Waals surface area contributed by atoms with Crippen molar-refractivity contribution in [2.24, 2.45) is 0 Å². The fraction of sp³-hybridized carbons (Fsp3) is 0.550. The molecule has 0 saturated carbocycles. The molecule has 0 bridgehead atoms. The fourth-order valence-electron chi connectivity index (χ4n) is 2.02. The molecule has 0 spiro atoms. The van der Waals surface area contributed by atoms with Crippen LogP contribution in [0.4, 0.5) is 0 Å². The molecule has 0 aliphatic heterocycles. The van der Waals surface area contributed by atoms with Crippen molar-refractivity contribution in [2.75, 3.05) is 0 Å². The van der Waals surface area contributed by atoms with Crippen molar-refractivity contribution in [2.45, 2.75) is 70.7 Å². The van der Waals surface area contributed by atoms with E-state index in [4.69, 9.17) is 9.22 Å². The van der Waals surface area contributed by atoms with E-state index >= 15 is 0 Å². The summed E-state index contributed by atoms with van der Waals surface area (Å²) in [5, 5.41) is 0. The van der Waals surface area contributed by atoms with Crippen LogP contribution >= 0.6 is 0 Å². The molecule has 0 unspecified atom stereocenters. The van der Waals surface area contributed by atoms with Crippen LogP contribution in [0.25, 0.3) is 0 Å². The molecular formula is C20H32O6Sn. The second-order valence-electron chi connectivity index (χ2n) is 6.71. The third-order valence-corrected chi connectivity index (χ3v) is 10.6. The predicted molar refractivity (Wildman–Crippen MR) is 107 cm³/mol. The Labute approximate surface area is 168 Å². The van der Waals surface area contributed by atoms with Crippen molar-refractivity contribution in [1.82, 2.24) is 0 Å². The molecule has 0 rings (SSSR count). The topological polar surface area (TPSA) is 78.9 Å². The van der Waals surface area contributed by atoms with E-state index in [9.17, 15) is 14.4 Å². The molecule has 6 nitrogen and oxygen atoms in total. The molecule has 0 aromatic heterocycles.